The second-order valence-corrected chi connectivity index (χ2v) is 17.0. The van der Waals surface area contributed by atoms with Crippen molar-refractivity contribution in [2.75, 3.05) is 14.1 Å². The minimum atomic E-state index is -4.12. The molecule has 0 saturated heterocycles. The topological polar surface area (TPSA) is 125 Å². The maximum Gasteiger partial charge on any atom is 0.264 e. The monoisotopic (exact) mass is 668 g/mol. The summed E-state index contributed by atoms with van der Waals surface area (Å²) in [5.41, 5.74) is 0.715. The molecule has 9 nitrogen and oxygen atoms in total. The fourth-order valence-electron chi connectivity index (χ4n) is 5.56. The van der Waals surface area contributed by atoms with E-state index in [9.17, 15) is 22.8 Å². The van der Waals surface area contributed by atoms with Gasteiger partial charge in [-0.25, -0.2) is 13.1 Å². The zero-order valence-corrected chi connectivity index (χ0v) is 31.3. The van der Waals surface area contributed by atoms with Gasteiger partial charge in [0.2, 0.25) is 11.8 Å². The number of carbonyl (C=O) groups excluding carboxylic acids is 3. The van der Waals surface area contributed by atoms with Gasteiger partial charge in [0.05, 0.1) is 17.0 Å². The Balaban J connectivity index is 2.32. The molecular weight excluding hydrogens is 612 g/mol. The third kappa shape index (κ3) is 10.00. The van der Waals surface area contributed by atoms with Gasteiger partial charge in [-0.15, -0.1) is 0 Å². The lowest BCUT2D eigenvalue weighted by Crippen LogP contribution is -2.61. The Kier molecular flexibility index (Phi) is 12.8. The SMILES string of the molecule is CNC(C(=O)NC(C(=O)N(C)C(/C=C(\C)C(=O)NS(=O)(=O)c1ccc(C(C)(C)C)cc1)C(C)C)C(C)(C)C)C(C)(C)c1ccccc1. The van der Waals surface area contributed by atoms with Crippen molar-refractivity contribution in [2.24, 2.45) is 11.3 Å². The van der Waals surface area contributed by atoms with Crippen molar-refractivity contribution in [3.05, 3.63) is 77.4 Å². The molecule has 2 aromatic rings. The van der Waals surface area contributed by atoms with E-state index < -0.39 is 44.9 Å². The first-order valence-electron chi connectivity index (χ1n) is 16.1. The zero-order chi connectivity index (χ0) is 36.1. The van der Waals surface area contributed by atoms with Crippen molar-refractivity contribution in [3.8, 4) is 0 Å². The molecule has 0 heterocycles. The molecule has 0 spiro atoms. The van der Waals surface area contributed by atoms with Crippen LogP contribution in [0.25, 0.3) is 0 Å². The highest BCUT2D eigenvalue weighted by Gasteiger charge is 2.41. The molecule has 2 rings (SSSR count). The van der Waals surface area contributed by atoms with Crippen LogP contribution in [0.3, 0.4) is 0 Å². The molecule has 2 aromatic carbocycles. The summed E-state index contributed by atoms with van der Waals surface area (Å²) in [5, 5.41) is 6.17. The molecule has 0 radical (unpaired) electrons. The van der Waals surface area contributed by atoms with Crippen molar-refractivity contribution in [3.63, 3.8) is 0 Å². The predicted octanol–water partition coefficient (Wildman–Crippen LogP) is 5.32. The Bertz CT molecular complexity index is 1530. The number of hydrogen-bond donors (Lipinski definition) is 3. The van der Waals surface area contributed by atoms with Crippen molar-refractivity contribution in [2.45, 2.75) is 110 Å². The van der Waals surface area contributed by atoms with Gasteiger partial charge in [-0.3, -0.25) is 14.4 Å². The van der Waals surface area contributed by atoms with Crippen LogP contribution in [-0.4, -0.2) is 63.3 Å². The third-order valence-corrected chi connectivity index (χ3v) is 10.1. The highest BCUT2D eigenvalue weighted by atomic mass is 32.2. The van der Waals surface area contributed by atoms with Gasteiger partial charge in [0, 0.05) is 18.0 Å². The highest BCUT2D eigenvalue weighted by molar-refractivity contribution is 7.90. The van der Waals surface area contributed by atoms with Crippen molar-refractivity contribution in [1.82, 2.24) is 20.3 Å². The van der Waals surface area contributed by atoms with Crippen molar-refractivity contribution >= 4 is 27.7 Å². The van der Waals surface area contributed by atoms with Crippen LogP contribution in [0.2, 0.25) is 0 Å². The van der Waals surface area contributed by atoms with Gasteiger partial charge >= 0.3 is 0 Å². The van der Waals surface area contributed by atoms with Crippen LogP contribution in [0.1, 0.15) is 87.3 Å². The van der Waals surface area contributed by atoms with Crippen LogP contribution in [0.15, 0.2) is 71.1 Å². The molecule has 3 amide bonds. The van der Waals surface area contributed by atoms with E-state index in [0.29, 0.717) is 0 Å². The summed E-state index contributed by atoms with van der Waals surface area (Å²) in [6.07, 6.45) is 1.60. The normalized spacial score (nSPS) is 15.1. The number of benzene rings is 2. The van der Waals surface area contributed by atoms with Gasteiger partial charge in [0.25, 0.3) is 15.9 Å². The standard InChI is InChI=1S/C37H56N4O5S/c1-24(2)29(23-25(3)32(42)40-47(45,46)28-21-19-26(20-22-28)35(4,5)6)41(13)34(44)31(36(7,8)9)39-33(43)30(38-12)37(10,11)27-17-15-14-16-18-27/h14-24,29-31,38H,1-13H3,(H,39,43)(H,40,42)/b25-23+. The molecule has 3 unspecified atom stereocenters. The number of carbonyl (C=O) groups is 3. The predicted molar refractivity (Wildman–Crippen MR) is 189 cm³/mol. The quantitative estimate of drug-likeness (QED) is 0.263. The summed E-state index contributed by atoms with van der Waals surface area (Å²) in [5.74, 6) is -1.55. The number of nitrogens with zero attached hydrogens (tertiary/aromatic N) is 1. The third-order valence-electron chi connectivity index (χ3n) is 8.70. The van der Waals surface area contributed by atoms with Crippen molar-refractivity contribution in [1.29, 1.82) is 0 Å². The average molecular weight is 669 g/mol. The van der Waals surface area contributed by atoms with Crippen LogP contribution >= 0.6 is 0 Å². The molecule has 0 aliphatic heterocycles. The minimum Gasteiger partial charge on any atom is -0.342 e. The number of likely N-dealkylation sites (N-methyl/N-ethyl adjacent to an activating group) is 2. The van der Waals surface area contributed by atoms with Gasteiger partial charge in [-0.1, -0.05) is 118 Å². The maximum absolute atomic E-state index is 14.1. The second-order valence-electron chi connectivity index (χ2n) is 15.4. The van der Waals surface area contributed by atoms with E-state index >= 15 is 0 Å². The molecule has 47 heavy (non-hydrogen) atoms. The Morgan fingerprint density at radius 3 is 1.79 bits per heavy atom. The molecule has 0 aliphatic rings. The first-order valence-corrected chi connectivity index (χ1v) is 17.6. The maximum atomic E-state index is 14.1. The second kappa shape index (κ2) is 15.2. The lowest BCUT2D eigenvalue weighted by atomic mass is 9.76. The molecule has 3 N–H and O–H groups in total. The molecule has 0 aliphatic carbocycles. The summed E-state index contributed by atoms with van der Waals surface area (Å²) in [6.45, 7) is 21.1. The Morgan fingerprint density at radius 2 is 1.34 bits per heavy atom. The van der Waals surface area contributed by atoms with E-state index in [1.165, 1.54) is 24.0 Å². The molecule has 0 aromatic heterocycles. The summed E-state index contributed by atoms with van der Waals surface area (Å²) < 4.78 is 28.2. The van der Waals surface area contributed by atoms with Crippen LogP contribution in [-0.2, 0) is 35.2 Å². The fraction of sp³-hybridized carbons (Fsp3) is 0.541. The zero-order valence-electron chi connectivity index (χ0n) is 30.5. The lowest BCUT2D eigenvalue weighted by Gasteiger charge is -2.40. The van der Waals surface area contributed by atoms with Crippen LogP contribution in [0, 0.1) is 11.3 Å². The number of amides is 3. The van der Waals surface area contributed by atoms with E-state index in [2.05, 4.69) is 15.4 Å². The van der Waals surface area contributed by atoms with E-state index in [1.54, 1.807) is 32.3 Å². The largest absolute Gasteiger partial charge is 0.342 e. The molecular formula is C37H56N4O5S. The molecule has 3 atom stereocenters. The van der Waals surface area contributed by atoms with Gasteiger partial charge in [0.15, 0.2) is 0 Å². The molecule has 0 fully saturated rings. The molecule has 10 heteroatoms. The number of hydrogen-bond acceptors (Lipinski definition) is 6. The number of sulfonamides is 1. The van der Waals surface area contributed by atoms with Crippen LogP contribution < -0.4 is 15.4 Å². The molecule has 0 saturated carbocycles. The van der Waals surface area contributed by atoms with Gasteiger partial charge in [0.1, 0.15) is 6.04 Å². The Labute approximate surface area is 283 Å². The van der Waals surface area contributed by atoms with Gasteiger partial charge in [-0.2, -0.15) is 0 Å². The lowest BCUT2D eigenvalue weighted by molar-refractivity contribution is -0.140. The molecule has 0 bridgehead atoms. The Hall–Kier alpha value is -3.50. The van der Waals surface area contributed by atoms with Crippen LogP contribution in [0.4, 0.5) is 0 Å². The first kappa shape index (κ1) is 39.7. The van der Waals surface area contributed by atoms with Gasteiger partial charge < -0.3 is 15.5 Å². The van der Waals surface area contributed by atoms with Gasteiger partial charge in [-0.05, 0) is 54.0 Å². The smallest absolute Gasteiger partial charge is 0.264 e. The number of rotatable bonds is 12. The summed E-state index contributed by atoms with van der Waals surface area (Å²) in [7, 11) is -0.762. The number of nitrogens with one attached hydrogen (secondary N) is 3. The summed E-state index contributed by atoms with van der Waals surface area (Å²) >= 11 is 0. The van der Waals surface area contributed by atoms with Crippen molar-refractivity contribution < 1.29 is 22.8 Å². The highest BCUT2D eigenvalue weighted by Crippen LogP contribution is 2.29. The Morgan fingerprint density at radius 1 is 0.809 bits per heavy atom. The van der Waals surface area contributed by atoms with E-state index in [0.717, 1.165) is 11.1 Å². The minimum absolute atomic E-state index is 0.0153. The summed E-state index contributed by atoms with van der Waals surface area (Å²) in [6, 6.07) is 14.1. The molecule has 260 valence electrons. The van der Waals surface area contributed by atoms with E-state index in [-0.39, 0.29) is 33.6 Å². The van der Waals surface area contributed by atoms with E-state index in [1.807, 2.05) is 99.6 Å². The summed E-state index contributed by atoms with van der Waals surface area (Å²) in [4.78, 5) is 42.6. The fourth-order valence-corrected chi connectivity index (χ4v) is 6.58. The first-order chi connectivity index (χ1) is 21.4. The average Bonchev–Trinajstić information content (AvgIpc) is 2.97. The van der Waals surface area contributed by atoms with Crippen LogP contribution in [0.5, 0.6) is 0 Å². The van der Waals surface area contributed by atoms with E-state index in [4.69, 9.17) is 0 Å².